The molecule has 0 amide bonds. The second-order valence-electron chi connectivity index (χ2n) is 4.70. The van der Waals surface area contributed by atoms with Crippen LogP contribution < -0.4 is 0 Å². The lowest BCUT2D eigenvalue weighted by Crippen LogP contribution is -2.05. The number of rotatable bonds is 8. The van der Waals surface area contributed by atoms with Gasteiger partial charge in [0.05, 0.1) is 0 Å². The van der Waals surface area contributed by atoms with Gasteiger partial charge >= 0.3 is 0 Å². The highest BCUT2D eigenvalue weighted by molar-refractivity contribution is 5.78. The van der Waals surface area contributed by atoms with Crippen molar-refractivity contribution in [2.75, 3.05) is 0 Å². The molecule has 0 aliphatic rings. The average molecular weight is 197 g/mol. The highest BCUT2D eigenvalue weighted by Crippen LogP contribution is 2.22. The van der Waals surface area contributed by atoms with E-state index in [9.17, 15) is 0 Å². The van der Waals surface area contributed by atoms with Gasteiger partial charge in [0.15, 0.2) is 0 Å². The third kappa shape index (κ3) is 7.11. The zero-order valence-corrected chi connectivity index (χ0v) is 10.4. The SMILES string of the molecule is CCC(C)CC(CC)CCCC(C)=N. The van der Waals surface area contributed by atoms with E-state index in [2.05, 4.69) is 20.8 Å². The van der Waals surface area contributed by atoms with Crippen LogP contribution >= 0.6 is 0 Å². The molecule has 0 fully saturated rings. The number of hydrogen-bond donors (Lipinski definition) is 1. The van der Waals surface area contributed by atoms with Crippen LogP contribution in [-0.2, 0) is 0 Å². The molecule has 0 bridgehead atoms. The molecule has 0 radical (unpaired) electrons. The molecule has 2 atom stereocenters. The first-order valence-electron chi connectivity index (χ1n) is 6.14. The van der Waals surface area contributed by atoms with E-state index in [0.29, 0.717) is 0 Å². The molecule has 0 aromatic rings. The minimum Gasteiger partial charge on any atom is -0.310 e. The molecule has 0 aliphatic heterocycles. The fraction of sp³-hybridized carbons (Fsp3) is 0.923. The van der Waals surface area contributed by atoms with Crippen molar-refractivity contribution in [1.29, 1.82) is 5.41 Å². The molecule has 0 saturated carbocycles. The summed E-state index contributed by atoms with van der Waals surface area (Å²) in [6, 6.07) is 0. The van der Waals surface area contributed by atoms with Crippen molar-refractivity contribution in [1.82, 2.24) is 0 Å². The second kappa shape index (κ2) is 8.02. The van der Waals surface area contributed by atoms with Crippen molar-refractivity contribution in [3.8, 4) is 0 Å². The second-order valence-corrected chi connectivity index (χ2v) is 4.70. The van der Waals surface area contributed by atoms with Crippen LogP contribution in [0.15, 0.2) is 0 Å². The Labute approximate surface area is 89.8 Å². The van der Waals surface area contributed by atoms with E-state index >= 15 is 0 Å². The molecule has 0 rings (SSSR count). The van der Waals surface area contributed by atoms with Crippen molar-refractivity contribution in [3.05, 3.63) is 0 Å². The molecule has 2 unspecified atom stereocenters. The summed E-state index contributed by atoms with van der Waals surface area (Å²) in [6.45, 7) is 8.84. The zero-order chi connectivity index (χ0) is 11.0. The Morgan fingerprint density at radius 1 is 1.21 bits per heavy atom. The van der Waals surface area contributed by atoms with Crippen molar-refractivity contribution in [2.45, 2.75) is 66.2 Å². The first kappa shape index (κ1) is 13.7. The predicted octanol–water partition coefficient (Wildman–Crippen LogP) is 4.66. The zero-order valence-electron chi connectivity index (χ0n) is 10.4. The third-order valence-corrected chi connectivity index (χ3v) is 3.17. The molecule has 1 N–H and O–H groups in total. The monoisotopic (exact) mass is 197 g/mol. The molecule has 0 saturated heterocycles. The minimum absolute atomic E-state index is 0.836. The Morgan fingerprint density at radius 2 is 1.86 bits per heavy atom. The van der Waals surface area contributed by atoms with Gasteiger partial charge in [0, 0.05) is 5.71 Å². The lowest BCUT2D eigenvalue weighted by atomic mass is 9.88. The molecule has 0 aromatic heterocycles. The van der Waals surface area contributed by atoms with Gasteiger partial charge in [-0.2, -0.15) is 0 Å². The van der Waals surface area contributed by atoms with Crippen LogP contribution in [-0.4, -0.2) is 5.71 Å². The summed E-state index contributed by atoms with van der Waals surface area (Å²) in [4.78, 5) is 0. The van der Waals surface area contributed by atoms with E-state index in [4.69, 9.17) is 5.41 Å². The van der Waals surface area contributed by atoms with E-state index in [-0.39, 0.29) is 0 Å². The van der Waals surface area contributed by atoms with Crippen LogP contribution in [0, 0.1) is 17.2 Å². The fourth-order valence-electron chi connectivity index (χ4n) is 1.88. The van der Waals surface area contributed by atoms with E-state index in [1.54, 1.807) is 0 Å². The van der Waals surface area contributed by atoms with E-state index in [0.717, 1.165) is 24.0 Å². The molecule has 0 aliphatic carbocycles. The maximum absolute atomic E-state index is 7.37. The van der Waals surface area contributed by atoms with Crippen molar-refractivity contribution in [2.24, 2.45) is 11.8 Å². The lowest BCUT2D eigenvalue weighted by molar-refractivity contribution is 0.349. The number of nitrogens with one attached hydrogen (secondary N) is 1. The van der Waals surface area contributed by atoms with Crippen LogP contribution in [0.3, 0.4) is 0 Å². The lowest BCUT2D eigenvalue weighted by Gasteiger charge is -2.18. The van der Waals surface area contributed by atoms with Gasteiger partial charge in [0.2, 0.25) is 0 Å². The summed E-state index contributed by atoms with van der Waals surface area (Å²) >= 11 is 0. The first-order chi connectivity index (χ1) is 6.60. The summed E-state index contributed by atoms with van der Waals surface area (Å²) in [5, 5.41) is 7.37. The van der Waals surface area contributed by atoms with Gasteiger partial charge in [-0.15, -0.1) is 0 Å². The van der Waals surface area contributed by atoms with Crippen LogP contribution in [0.25, 0.3) is 0 Å². The van der Waals surface area contributed by atoms with Gasteiger partial charge in [-0.25, -0.2) is 0 Å². The topological polar surface area (TPSA) is 23.9 Å². The molecule has 0 aromatic carbocycles. The van der Waals surface area contributed by atoms with E-state index in [1.807, 2.05) is 6.92 Å². The Kier molecular flexibility index (Phi) is 7.83. The maximum atomic E-state index is 7.37. The smallest absolute Gasteiger partial charge is 0.00582 e. The average Bonchev–Trinajstić information content (AvgIpc) is 2.15. The van der Waals surface area contributed by atoms with Crippen LogP contribution in [0.4, 0.5) is 0 Å². The van der Waals surface area contributed by atoms with Crippen LogP contribution in [0.5, 0.6) is 0 Å². The Morgan fingerprint density at radius 3 is 2.29 bits per heavy atom. The predicted molar refractivity (Wildman–Crippen MR) is 65.1 cm³/mol. The summed E-state index contributed by atoms with van der Waals surface area (Å²) in [6.07, 6.45) is 7.52. The molecule has 1 heteroatoms. The Balaban J connectivity index is 3.62. The quantitative estimate of drug-likeness (QED) is 0.547. The van der Waals surface area contributed by atoms with Crippen LogP contribution in [0.1, 0.15) is 66.2 Å². The number of hydrogen-bond acceptors (Lipinski definition) is 1. The molecule has 0 spiro atoms. The molecule has 84 valence electrons. The normalized spacial score (nSPS) is 15.1. The highest BCUT2D eigenvalue weighted by Gasteiger charge is 2.09. The highest BCUT2D eigenvalue weighted by atomic mass is 14.4. The molecule has 0 heterocycles. The largest absolute Gasteiger partial charge is 0.310 e. The van der Waals surface area contributed by atoms with Crippen molar-refractivity contribution < 1.29 is 0 Å². The summed E-state index contributed by atoms with van der Waals surface area (Å²) in [7, 11) is 0. The van der Waals surface area contributed by atoms with Gasteiger partial charge in [-0.1, -0.05) is 40.0 Å². The summed E-state index contributed by atoms with van der Waals surface area (Å²) < 4.78 is 0. The van der Waals surface area contributed by atoms with Gasteiger partial charge in [0.1, 0.15) is 0 Å². The summed E-state index contributed by atoms with van der Waals surface area (Å²) in [5.74, 6) is 1.77. The Bertz CT molecular complexity index is 151. The standard InChI is InChI=1S/C13H27N/c1-5-11(3)10-13(6-2)9-7-8-12(4)14/h11,13-14H,5-10H2,1-4H3. The van der Waals surface area contributed by atoms with Gasteiger partial charge in [0.25, 0.3) is 0 Å². The molecule has 14 heavy (non-hydrogen) atoms. The Hall–Kier alpha value is -0.330. The van der Waals surface area contributed by atoms with Crippen molar-refractivity contribution >= 4 is 5.71 Å². The minimum atomic E-state index is 0.836. The molecular weight excluding hydrogens is 170 g/mol. The first-order valence-corrected chi connectivity index (χ1v) is 6.14. The maximum Gasteiger partial charge on any atom is 0.00582 e. The van der Waals surface area contributed by atoms with Gasteiger partial charge in [-0.05, 0) is 38.0 Å². The summed E-state index contributed by atoms with van der Waals surface area (Å²) in [5.41, 5.74) is 0.836. The van der Waals surface area contributed by atoms with E-state index in [1.165, 1.54) is 32.1 Å². The molecular formula is C13H27N. The molecule has 1 nitrogen and oxygen atoms in total. The van der Waals surface area contributed by atoms with Gasteiger partial charge < -0.3 is 5.41 Å². The van der Waals surface area contributed by atoms with E-state index < -0.39 is 0 Å². The van der Waals surface area contributed by atoms with Crippen LogP contribution in [0.2, 0.25) is 0 Å². The fourth-order valence-corrected chi connectivity index (χ4v) is 1.88. The van der Waals surface area contributed by atoms with Gasteiger partial charge in [-0.3, -0.25) is 0 Å². The van der Waals surface area contributed by atoms with Crippen molar-refractivity contribution in [3.63, 3.8) is 0 Å². The third-order valence-electron chi connectivity index (χ3n) is 3.17.